The monoisotopic (exact) mass is 352 g/mol. The van der Waals surface area contributed by atoms with Crippen molar-refractivity contribution in [3.05, 3.63) is 41.5 Å². The minimum Gasteiger partial charge on any atom is -0.481 e. The van der Waals surface area contributed by atoms with E-state index in [-0.39, 0.29) is 29.9 Å². The van der Waals surface area contributed by atoms with Crippen molar-refractivity contribution in [2.24, 2.45) is 11.8 Å². The van der Waals surface area contributed by atoms with Gasteiger partial charge in [0, 0.05) is 35.6 Å². The van der Waals surface area contributed by atoms with Crippen LogP contribution in [-0.4, -0.2) is 53.9 Å². The molecule has 1 aromatic carbocycles. The number of carbonyl (C=O) groups is 1. The molecule has 5 aliphatic rings. The maximum absolute atomic E-state index is 11.6. The third kappa shape index (κ3) is 1.75. The number of benzene rings is 1. The van der Waals surface area contributed by atoms with Gasteiger partial charge in [0.1, 0.15) is 0 Å². The normalized spacial score (nSPS) is 42.3. The van der Waals surface area contributed by atoms with Gasteiger partial charge in [0.2, 0.25) is 0 Å². The minimum atomic E-state index is -0.756. The third-order valence-electron chi connectivity index (χ3n) is 7.79. The molecule has 5 nitrogen and oxygen atoms in total. The lowest BCUT2D eigenvalue weighted by Gasteiger charge is -2.55. The van der Waals surface area contributed by atoms with Crippen molar-refractivity contribution in [3.8, 4) is 0 Å². The molecule has 1 unspecified atom stereocenters. The number of piperidine rings is 1. The molecule has 1 spiro atoms. The molecule has 2 N–H and O–H groups in total. The van der Waals surface area contributed by atoms with Crippen LogP contribution in [0.2, 0.25) is 0 Å². The molecule has 6 rings (SSSR count). The molecule has 0 radical (unpaired) electrons. The second kappa shape index (κ2) is 5.11. The second-order valence-electron chi connectivity index (χ2n) is 8.61. The molecule has 4 aliphatic heterocycles. The fraction of sp³-hybridized carbons (Fsp3) is 0.571. The fourth-order valence-corrected chi connectivity index (χ4v) is 6.95. The van der Waals surface area contributed by atoms with Crippen molar-refractivity contribution < 1.29 is 14.6 Å². The molecule has 26 heavy (non-hydrogen) atoms. The Morgan fingerprint density at radius 2 is 2.27 bits per heavy atom. The van der Waals surface area contributed by atoms with Gasteiger partial charge in [0.05, 0.1) is 19.1 Å². The summed E-state index contributed by atoms with van der Waals surface area (Å²) in [6.45, 7) is 2.72. The number of hydrogen-bond acceptors (Lipinski definition) is 4. The SMILES string of the molecule is O=C(O)C[C@@H]1OCC=C2CN3CCC45c6ccccc6N[C@H]4[C@H]1[C@H]2C[C@H]35. The summed E-state index contributed by atoms with van der Waals surface area (Å²) in [7, 11) is 0. The third-order valence-corrected chi connectivity index (χ3v) is 7.79. The van der Waals surface area contributed by atoms with Crippen molar-refractivity contribution >= 4 is 11.7 Å². The van der Waals surface area contributed by atoms with Crippen LogP contribution >= 0.6 is 0 Å². The maximum atomic E-state index is 11.6. The van der Waals surface area contributed by atoms with E-state index in [1.807, 2.05) is 0 Å². The van der Waals surface area contributed by atoms with Crippen LogP contribution in [-0.2, 0) is 14.9 Å². The number of carboxylic acids is 1. The van der Waals surface area contributed by atoms with E-state index in [4.69, 9.17) is 4.74 Å². The molecule has 1 aliphatic carbocycles. The van der Waals surface area contributed by atoms with Crippen LogP contribution < -0.4 is 5.32 Å². The molecule has 2 bridgehead atoms. The first-order chi connectivity index (χ1) is 12.7. The first-order valence-electron chi connectivity index (χ1n) is 9.81. The lowest BCUT2D eigenvalue weighted by molar-refractivity contribution is -0.142. The van der Waals surface area contributed by atoms with Crippen molar-refractivity contribution in [1.29, 1.82) is 0 Å². The Labute approximate surface area is 153 Å². The van der Waals surface area contributed by atoms with Gasteiger partial charge in [-0.3, -0.25) is 9.69 Å². The summed E-state index contributed by atoms with van der Waals surface area (Å²) in [5, 5.41) is 13.3. The Morgan fingerprint density at radius 3 is 3.15 bits per heavy atom. The molecule has 136 valence electrons. The number of ether oxygens (including phenoxy) is 1. The summed E-state index contributed by atoms with van der Waals surface area (Å²) in [5.41, 5.74) is 4.28. The molecule has 0 amide bonds. The summed E-state index contributed by atoms with van der Waals surface area (Å²) >= 11 is 0. The molecule has 4 heterocycles. The van der Waals surface area contributed by atoms with Crippen LogP contribution in [0.4, 0.5) is 5.69 Å². The highest BCUT2D eigenvalue weighted by molar-refractivity contribution is 5.68. The second-order valence-corrected chi connectivity index (χ2v) is 8.61. The van der Waals surface area contributed by atoms with Gasteiger partial charge in [-0.2, -0.15) is 0 Å². The summed E-state index contributed by atoms with van der Waals surface area (Å²) in [6.07, 6.45) is 4.42. The predicted molar refractivity (Wildman–Crippen MR) is 97.2 cm³/mol. The van der Waals surface area contributed by atoms with Crippen LogP contribution in [0.25, 0.3) is 0 Å². The number of anilines is 1. The van der Waals surface area contributed by atoms with Crippen LogP contribution in [0.1, 0.15) is 24.8 Å². The number of carboxylic acid groups (broad SMARTS) is 1. The molecular weight excluding hydrogens is 328 g/mol. The molecule has 3 fully saturated rings. The van der Waals surface area contributed by atoms with E-state index in [0.717, 1.165) is 25.9 Å². The average Bonchev–Trinajstić information content (AvgIpc) is 3.11. The fourth-order valence-electron chi connectivity index (χ4n) is 6.95. The number of nitrogens with zero attached hydrogens (tertiary/aromatic N) is 1. The number of para-hydroxylation sites is 1. The quantitative estimate of drug-likeness (QED) is 0.800. The highest BCUT2D eigenvalue weighted by Gasteiger charge is 2.66. The Bertz CT molecular complexity index is 821. The Balaban J connectivity index is 1.53. The number of nitrogens with one attached hydrogen (secondary N) is 1. The van der Waals surface area contributed by atoms with Crippen LogP contribution in [0.15, 0.2) is 35.9 Å². The van der Waals surface area contributed by atoms with Gasteiger partial charge >= 0.3 is 5.97 Å². The summed E-state index contributed by atoms with van der Waals surface area (Å²) in [6, 6.07) is 9.56. The highest BCUT2D eigenvalue weighted by Crippen LogP contribution is 2.62. The van der Waals surface area contributed by atoms with Crippen LogP contribution in [0.5, 0.6) is 0 Å². The van der Waals surface area contributed by atoms with Crippen molar-refractivity contribution in [1.82, 2.24) is 4.90 Å². The number of aliphatic carboxylic acids is 1. The molecular formula is C21H24N2O3. The summed E-state index contributed by atoms with van der Waals surface area (Å²) in [5.74, 6) is -0.0844. The van der Waals surface area contributed by atoms with E-state index in [0.29, 0.717) is 18.6 Å². The molecule has 1 saturated carbocycles. The van der Waals surface area contributed by atoms with Gasteiger partial charge in [-0.25, -0.2) is 0 Å². The smallest absolute Gasteiger partial charge is 0.305 e. The molecule has 1 aromatic rings. The number of fused-ring (bicyclic) bond motifs is 2. The van der Waals surface area contributed by atoms with Crippen LogP contribution in [0.3, 0.4) is 0 Å². The first kappa shape index (κ1) is 15.2. The van der Waals surface area contributed by atoms with Crippen molar-refractivity contribution in [2.45, 2.75) is 42.9 Å². The first-order valence-corrected chi connectivity index (χ1v) is 9.81. The highest BCUT2D eigenvalue weighted by atomic mass is 16.5. The summed E-state index contributed by atoms with van der Waals surface area (Å²) < 4.78 is 6.13. The zero-order valence-electron chi connectivity index (χ0n) is 14.7. The molecule has 6 atom stereocenters. The Morgan fingerprint density at radius 1 is 1.38 bits per heavy atom. The molecule has 2 saturated heterocycles. The van der Waals surface area contributed by atoms with Gasteiger partial charge < -0.3 is 15.2 Å². The van der Waals surface area contributed by atoms with Crippen LogP contribution in [0, 0.1) is 11.8 Å². The zero-order chi connectivity index (χ0) is 17.5. The lowest BCUT2D eigenvalue weighted by atomic mass is 9.54. The van der Waals surface area contributed by atoms with Gasteiger partial charge in [0.15, 0.2) is 0 Å². The minimum absolute atomic E-state index is 0.0985. The van der Waals surface area contributed by atoms with Gasteiger partial charge in [-0.15, -0.1) is 0 Å². The topological polar surface area (TPSA) is 61.8 Å². The number of hydrogen-bond donors (Lipinski definition) is 2. The van der Waals surface area contributed by atoms with Gasteiger partial charge in [-0.05, 0) is 36.9 Å². The van der Waals surface area contributed by atoms with Crippen molar-refractivity contribution in [2.75, 3.05) is 25.0 Å². The largest absolute Gasteiger partial charge is 0.481 e. The summed E-state index contributed by atoms with van der Waals surface area (Å²) in [4.78, 5) is 14.2. The predicted octanol–water partition coefficient (Wildman–Crippen LogP) is 2.24. The standard InChI is InChI=1S/C21H24N2O3/c24-18(25)10-16-19-13-9-17-21(6-7-23(17)11-12(13)5-8-26-16)14-3-1-2-4-15(14)22-20(19)21/h1-5,13,16-17,19-20,22H,6-11H2,(H,24,25)/t13-,16-,17-,19-,20-,21?/m0/s1. The van der Waals surface area contributed by atoms with E-state index in [2.05, 4.69) is 40.6 Å². The van der Waals surface area contributed by atoms with E-state index in [1.54, 1.807) is 0 Å². The van der Waals surface area contributed by atoms with Crippen molar-refractivity contribution in [3.63, 3.8) is 0 Å². The van der Waals surface area contributed by atoms with E-state index in [9.17, 15) is 9.90 Å². The zero-order valence-corrected chi connectivity index (χ0v) is 14.7. The average molecular weight is 352 g/mol. The molecule has 0 aromatic heterocycles. The van der Waals surface area contributed by atoms with E-state index >= 15 is 0 Å². The lowest BCUT2D eigenvalue weighted by Crippen LogP contribution is -2.64. The maximum Gasteiger partial charge on any atom is 0.305 e. The Kier molecular flexibility index (Phi) is 2.99. The van der Waals surface area contributed by atoms with Gasteiger partial charge in [-0.1, -0.05) is 29.8 Å². The van der Waals surface area contributed by atoms with E-state index < -0.39 is 5.97 Å². The number of rotatable bonds is 2. The molecule has 5 heteroatoms. The van der Waals surface area contributed by atoms with Gasteiger partial charge in [0.25, 0.3) is 0 Å². The Hall–Kier alpha value is -1.85. The van der Waals surface area contributed by atoms with E-state index in [1.165, 1.54) is 16.8 Å².